The second-order valence-electron chi connectivity index (χ2n) is 7.73. The average Bonchev–Trinajstić information content (AvgIpc) is 3.13. The Morgan fingerprint density at radius 2 is 2.03 bits per heavy atom. The number of carbonyl (C=O) groups is 2. The molecule has 0 amide bonds. The van der Waals surface area contributed by atoms with Crippen molar-refractivity contribution in [2.75, 3.05) is 37.6 Å². The summed E-state index contributed by atoms with van der Waals surface area (Å²) in [6.07, 6.45) is 5.75. The summed E-state index contributed by atoms with van der Waals surface area (Å²) in [6, 6.07) is -1.05. The highest BCUT2D eigenvalue weighted by atomic mass is 16.5. The number of unbranched alkanes of at least 4 members (excludes halogenated alkanes) is 3. The summed E-state index contributed by atoms with van der Waals surface area (Å²) in [6.45, 7) is 2.68. The molecule has 0 aliphatic carbocycles. The van der Waals surface area contributed by atoms with Crippen LogP contribution in [0.15, 0.2) is 6.33 Å². The Balaban J connectivity index is 2.31. The number of aromatic nitrogens is 4. The highest BCUT2D eigenvalue weighted by Gasteiger charge is 2.26. The monoisotopic (exact) mass is 463 g/mol. The Hall–Kier alpha value is -3.64. The first kappa shape index (κ1) is 25.6. The van der Waals surface area contributed by atoms with Crippen LogP contribution in [0.1, 0.15) is 56.1 Å². The zero-order chi connectivity index (χ0) is 24.4. The molecule has 6 N–H and O–H groups in total. The summed E-state index contributed by atoms with van der Waals surface area (Å²) in [5.41, 5.74) is 8.71. The zero-order valence-electron chi connectivity index (χ0n) is 19.3. The fourth-order valence-electron chi connectivity index (χ4n) is 3.15. The lowest BCUT2D eigenvalue weighted by atomic mass is 10.1. The van der Waals surface area contributed by atoms with E-state index >= 15 is 0 Å². The molecule has 0 saturated carbocycles. The highest BCUT2D eigenvalue weighted by molar-refractivity contribution is 5.93. The number of hydrogen-bond donors (Lipinski definition) is 5. The standard InChI is InChI=1S/C20H33N9O4/c1-4-5-6-7-11-33-19(32)17-26-14-15(28(2)3)24-12-25-16(14)29(17)27-13(18(30)31)9-8-10-23-20(21)22/h12-13,27H,4-11H2,1-3H3,(H,30,31)(H4,21,22,23)/t13-/m1/s1. The number of fused-ring (bicyclic) bond motifs is 1. The van der Waals surface area contributed by atoms with Gasteiger partial charge in [0.15, 0.2) is 22.9 Å². The normalized spacial score (nSPS) is 11.7. The molecule has 0 unspecified atom stereocenters. The summed E-state index contributed by atoms with van der Waals surface area (Å²) >= 11 is 0. The minimum Gasteiger partial charge on any atom is -0.480 e. The third-order valence-electron chi connectivity index (χ3n) is 4.83. The van der Waals surface area contributed by atoms with Gasteiger partial charge in [-0.3, -0.25) is 5.41 Å². The lowest BCUT2D eigenvalue weighted by Gasteiger charge is -2.18. The number of ether oxygens (including phenoxy) is 1. The van der Waals surface area contributed by atoms with Gasteiger partial charge in [0.25, 0.3) is 0 Å². The van der Waals surface area contributed by atoms with Crippen LogP contribution in [0.25, 0.3) is 11.2 Å². The lowest BCUT2D eigenvalue weighted by molar-refractivity contribution is -0.138. The molecule has 0 radical (unpaired) electrons. The van der Waals surface area contributed by atoms with E-state index in [0.717, 1.165) is 25.7 Å². The molecule has 0 aromatic carbocycles. The molecular formula is C20H33N9O4. The van der Waals surface area contributed by atoms with Crippen molar-refractivity contribution in [3.05, 3.63) is 12.2 Å². The number of nitrogens with two attached hydrogens (primary N) is 1. The molecular weight excluding hydrogens is 430 g/mol. The minimum atomic E-state index is -1.11. The van der Waals surface area contributed by atoms with E-state index in [2.05, 4.69) is 32.6 Å². The van der Waals surface area contributed by atoms with E-state index in [1.807, 2.05) is 0 Å². The summed E-state index contributed by atoms with van der Waals surface area (Å²) in [5.74, 6) is -1.59. The number of anilines is 1. The maximum atomic E-state index is 12.8. The molecule has 0 aliphatic rings. The molecule has 0 spiro atoms. The van der Waals surface area contributed by atoms with Crippen LogP contribution in [0.4, 0.5) is 5.82 Å². The van der Waals surface area contributed by atoms with Gasteiger partial charge in [-0.1, -0.05) is 26.2 Å². The van der Waals surface area contributed by atoms with Gasteiger partial charge in [-0.25, -0.2) is 29.2 Å². The Morgan fingerprint density at radius 1 is 1.27 bits per heavy atom. The van der Waals surface area contributed by atoms with Crippen LogP contribution in [0.5, 0.6) is 0 Å². The van der Waals surface area contributed by atoms with Crippen molar-refractivity contribution in [2.45, 2.75) is 51.5 Å². The van der Waals surface area contributed by atoms with E-state index in [9.17, 15) is 14.7 Å². The molecule has 2 aromatic rings. The molecule has 182 valence electrons. The number of nitrogens with one attached hydrogen (secondary N) is 3. The van der Waals surface area contributed by atoms with E-state index in [1.54, 1.807) is 19.0 Å². The van der Waals surface area contributed by atoms with Gasteiger partial charge in [-0.05, 0) is 19.3 Å². The maximum absolute atomic E-state index is 12.8. The van der Waals surface area contributed by atoms with Gasteiger partial charge in [-0.15, -0.1) is 0 Å². The van der Waals surface area contributed by atoms with Gasteiger partial charge >= 0.3 is 11.9 Å². The van der Waals surface area contributed by atoms with Crippen LogP contribution in [0.2, 0.25) is 0 Å². The number of nitrogens with zero attached hydrogens (tertiary/aromatic N) is 5. The lowest BCUT2D eigenvalue weighted by Crippen LogP contribution is -2.38. The van der Waals surface area contributed by atoms with Crippen LogP contribution >= 0.6 is 0 Å². The van der Waals surface area contributed by atoms with Crippen LogP contribution in [-0.4, -0.2) is 75.9 Å². The Labute approximate surface area is 192 Å². The molecule has 0 aliphatic heterocycles. The van der Waals surface area contributed by atoms with Gasteiger partial charge in [0.1, 0.15) is 12.4 Å². The van der Waals surface area contributed by atoms with Crippen LogP contribution in [0.3, 0.4) is 0 Å². The number of aliphatic carboxylic acids is 1. The number of guanidine groups is 1. The SMILES string of the molecule is CCCCCCOC(=O)c1nc2c(N(C)C)ncnc2n1N[C@H](CCCNC(=N)N)C(=O)O. The van der Waals surface area contributed by atoms with E-state index < -0.39 is 18.0 Å². The first-order valence-electron chi connectivity index (χ1n) is 10.9. The van der Waals surface area contributed by atoms with Gasteiger partial charge in [0.05, 0.1) is 6.61 Å². The molecule has 33 heavy (non-hydrogen) atoms. The molecule has 0 fully saturated rings. The highest BCUT2D eigenvalue weighted by Crippen LogP contribution is 2.22. The molecule has 13 nitrogen and oxygen atoms in total. The number of esters is 1. The molecule has 0 bridgehead atoms. The maximum Gasteiger partial charge on any atom is 0.376 e. The van der Waals surface area contributed by atoms with Crippen molar-refractivity contribution < 1.29 is 19.4 Å². The number of hydrogen-bond acceptors (Lipinski definition) is 9. The fraction of sp³-hybridized carbons (Fsp3) is 0.600. The number of rotatable bonds is 14. The van der Waals surface area contributed by atoms with Crippen LogP contribution in [-0.2, 0) is 9.53 Å². The number of imidazole rings is 1. The van der Waals surface area contributed by atoms with Gasteiger partial charge in [-0.2, -0.15) is 0 Å². The molecule has 13 heteroatoms. The second kappa shape index (κ2) is 12.4. The van der Waals surface area contributed by atoms with Gasteiger partial charge in [0.2, 0.25) is 5.82 Å². The molecule has 1 atom stereocenters. The van der Waals surface area contributed by atoms with Crippen molar-refractivity contribution in [2.24, 2.45) is 5.73 Å². The predicted molar refractivity (Wildman–Crippen MR) is 124 cm³/mol. The average molecular weight is 464 g/mol. The molecule has 0 saturated heterocycles. The van der Waals surface area contributed by atoms with E-state index in [-0.39, 0.29) is 30.5 Å². The Kier molecular flexibility index (Phi) is 9.63. The summed E-state index contributed by atoms with van der Waals surface area (Å²) < 4.78 is 6.65. The Bertz CT molecular complexity index is 960. The first-order chi connectivity index (χ1) is 15.8. The summed E-state index contributed by atoms with van der Waals surface area (Å²) in [5, 5.41) is 19.5. The number of carboxylic acids is 1. The number of carboxylic acid groups (broad SMARTS) is 1. The van der Waals surface area contributed by atoms with Crippen molar-refractivity contribution >= 4 is 34.9 Å². The topological polar surface area (TPSA) is 184 Å². The van der Waals surface area contributed by atoms with Crippen molar-refractivity contribution in [1.29, 1.82) is 5.41 Å². The molecule has 2 rings (SSSR count). The summed E-state index contributed by atoms with van der Waals surface area (Å²) in [4.78, 5) is 39.3. The van der Waals surface area contributed by atoms with E-state index in [1.165, 1.54) is 11.0 Å². The van der Waals surface area contributed by atoms with Gasteiger partial charge in [0, 0.05) is 20.6 Å². The number of carbonyl (C=O) groups excluding carboxylic acids is 1. The second-order valence-corrected chi connectivity index (χ2v) is 7.73. The van der Waals surface area contributed by atoms with E-state index in [4.69, 9.17) is 15.9 Å². The predicted octanol–water partition coefficient (Wildman–Crippen LogP) is 0.889. The third kappa shape index (κ3) is 7.19. The van der Waals surface area contributed by atoms with Gasteiger partial charge < -0.3 is 31.2 Å². The van der Waals surface area contributed by atoms with Crippen molar-refractivity contribution in [1.82, 2.24) is 24.9 Å². The minimum absolute atomic E-state index is 0.0998. The largest absolute Gasteiger partial charge is 0.480 e. The van der Waals surface area contributed by atoms with Crippen LogP contribution in [0, 0.1) is 5.41 Å². The van der Waals surface area contributed by atoms with Crippen molar-refractivity contribution in [3.63, 3.8) is 0 Å². The summed E-state index contributed by atoms with van der Waals surface area (Å²) in [7, 11) is 3.56. The zero-order valence-corrected chi connectivity index (χ0v) is 19.3. The van der Waals surface area contributed by atoms with Crippen molar-refractivity contribution in [3.8, 4) is 0 Å². The van der Waals surface area contributed by atoms with Crippen LogP contribution < -0.4 is 21.4 Å². The third-order valence-corrected chi connectivity index (χ3v) is 4.83. The Morgan fingerprint density at radius 3 is 2.67 bits per heavy atom. The smallest absolute Gasteiger partial charge is 0.376 e. The molecule has 2 aromatic heterocycles. The van der Waals surface area contributed by atoms with E-state index in [0.29, 0.717) is 24.3 Å². The fourth-order valence-corrected chi connectivity index (χ4v) is 3.15. The quantitative estimate of drug-likeness (QED) is 0.116. The first-order valence-corrected chi connectivity index (χ1v) is 10.9. The molecule has 2 heterocycles.